The van der Waals surface area contributed by atoms with Crippen molar-refractivity contribution >= 4 is 38.5 Å². The highest BCUT2D eigenvalue weighted by molar-refractivity contribution is 14.1. The highest BCUT2D eigenvalue weighted by atomic mass is 127. The van der Waals surface area contributed by atoms with Gasteiger partial charge in [-0.15, -0.1) is 0 Å². The summed E-state index contributed by atoms with van der Waals surface area (Å²) in [5, 5.41) is 8.80. The highest BCUT2D eigenvalue weighted by Gasteiger charge is 2.08. The van der Waals surface area contributed by atoms with Gasteiger partial charge in [0.25, 0.3) is 0 Å². The van der Waals surface area contributed by atoms with E-state index in [9.17, 15) is 0 Å². The molecule has 0 aliphatic rings. The van der Waals surface area contributed by atoms with E-state index < -0.39 is 0 Å². The number of rotatable bonds is 1. The van der Waals surface area contributed by atoms with Crippen molar-refractivity contribution in [1.29, 1.82) is 5.26 Å². The first kappa shape index (κ1) is 9.81. The minimum atomic E-state index is 0.576. The minimum absolute atomic E-state index is 0.576. The van der Waals surface area contributed by atoms with Gasteiger partial charge in [0.1, 0.15) is 17.4 Å². The normalized spacial score (nSPS) is 9.17. The van der Waals surface area contributed by atoms with Gasteiger partial charge in [-0.2, -0.15) is 5.26 Å². The van der Waals surface area contributed by atoms with Crippen molar-refractivity contribution in [3.8, 4) is 11.8 Å². The van der Waals surface area contributed by atoms with Gasteiger partial charge in [0.15, 0.2) is 0 Å². The third-order valence-corrected chi connectivity index (χ3v) is 3.91. The lowest BCUT2D eigenvalue weighted by molar-refractivity contribution is 0.413. The van der Waals surface area contributed by atoms with Gasteiger partial charge in [0, 0.05) is 8.04 Å². The maximum Gasteiger partial charge on any atom is 0.137 e. The molecule has 0 bridgehead atoms. The Hall–Kier alpha value is -0.280. The summed E-state index contributed by atoms with van der Waals surface area (Å²) in [4.78, 5) is 0. The summed E-state index contributed by atoms with van der Waals surface area (Å²) < 4.78 is 6.82. The number of halogens is 2. The first-order valence-corrected chi connectivity index (χ1v) is 5.00. The van der Waals surface area contributed by atoms with Crippen LogP contribution in [0.2, 0.25) is 0 Å². The van der Waals surface area contributed by atoms with E-state index in [1.54, 1.807) is 13.2 Å². The molecule has 12 heavy (non-hydrogen) atoms. The second kappa shape index (κ2) is 4.10. The van der Waals surface area contributed by atoms with E-state index in [0.717, 1.165) is 8.04 Å². The monoisotopic (exact) mass is 337 g/mol. The zero-order valence-electron chi connectivity index (χ0n) is 6.27. The molecule has 0 unspecified atom stereocenters. The second-order valence-electron chi connectivity index (χ2n) is 2.05. The Morgan fingerprint density at radius 2 is 2.25 bits per heavy atom. The predicted molar refractivity (Wildman–Crippen MR) is 58.1 cm³/mol. The lowest BCUT2D eigenvalue weighted by Crippen LogP contribution is -1.91. The van der Waals surface area contributed by atoms with Crippen LogP contribution in [0.4, 0.5) is 0 Å². The molecule has 1 rings (SSSR count). The summed E-state index contributed by atoms with van der Waals surface area (Å²) in [7, 11) is 1.56. The molecule has 0 heterocycles. The molecule has 0 fully saturated rings. The van der Waals surface area contributed by atoms with Crippen LogP contribution in [-0.2, 0) is 0 Å². The molecule has 0 saturated heterocycles. The number of ether oxygens (including phenoxy) is 1. The van der Waals surface area contributed by atoms with Crippen LogP contribution in [0.25, 0.3) is 0 Å². The molecule has 0 saturated carbocycles. The molecule has 4 heteroatoms. The van der Waals surface area contributed by atoms with E-state index in [-0.39, 0.29) is 0 Å². The summed E-state index contributed by atoms with van der Waals surface area (Å²) in [5.74, 6) is 0.616. The van der Waals surface area contributed by atoms with Gasteiger partial charge in [-0.1, -0.05) is 0 Å². The Kier molecular flexibility index (Phi) is 3.35. The van der Waals surface area contributed by atoms with E-state index in [2.05, 4.69) is 44.6 Å². The van der Waals surface area contributed by atoms with Crippen LogP contribution in [0, 0.1) is 14.9 Å². The number of benzene rings is 1. The standard InChI is InChI=1S/C8H5BrINO/c1-12-7-3-2-6(9)8(10)5(7)4-11/h2-3H,1H3. The molecule has 0 aliphatic heterocycles. The quantitative estimate of drug-likeness (QED) is 0.738. The number of hydrogen-bond acceptors (Lipinski definition) is 2. The van der Waals surface area contributed by atoms with Crippen LogP contribution in [0.3, 0.4) is 0 Å². The van der Waals surface area contributed by atoms with E-state index in [0.29, 0.717) is 11.3 Å². The molecule has 0 atom stereocenters. The van der Waals surface area contributed by atoms with Gasteiger partial charge in [-0.05, 0) is 50.7 Å². The molecule has 2 nitrogen and oxygen atoms in total. The molecule has 0 aromatic heterocycles. The molecule has 1 aromatic carbocycles. The summed E-state index contributed by atoms with van der Waals surface area (Å²) in [6.45, 7) is 0. The molecular weight excluding hydrogens is 333 g/mol. The number of nitriles is 1. The number of methoxy groups -OCH3 is 1. The Morgan fingerprint density at radius 1 is 1.58 bits per heavy atom. The SMILES string of the molecule is COc1ccc(Br)c(I)c1C#N. The van der Waals surface area contributed by atoms with Crippen LogP contribution in [0.5, 0.6) is 5.75 Å². The van der Waals surface area contributed by atoms with Crippen LogP contribution in [-0.4, -0.2) is 7.11 Å². The first-order valence-electron chi connectivity index (χ1n) is 3.12. The molecular formula is C8H5BrINO. The van der Waals surface area contributed by atoms with Gasteiger partial charge in [-0.25, -0.2) is 0 Å². The fourth-order valence-corrected chi connectivity index (χ4v) is 1.70. The topological polar surface area (TPSA) is 33.0 Å². The van der Waals surface area contributed by atoms with Crippen molar-refractivity contribution in [3.63, 3.8) is 0 Å². The van der Waals surface area contributed by atoms with Crippen molar-refractivity contribution in [2.75, 3.05) is 7.11 Å². The highest BCUT2D eigenvalue weighted by Crippen LogP contribution is 2.29. The Balaban J connectivity index is 3.38. The molecule has 0 spiro atoms. The Labute approximate surface area is 92.8 Å². The van der Waals surface area contributed by atoms with E-state index >= 15 is 0 Å². The van der Waals surface area contributed by atoms with E-state index in [1.165, 1.54) is 0 Å². The van der Waals surface area contributed by atoms with Crippen molar-refractivity contribution < 1.29 is 4.74 Å². The average molecular weight is 338 g/mol. The van der Waals surface area contributed by atoms with Crippen molar-refractivity contribution in [3.05, 3.63) is 25.7 Å². The van der Waals surface area contributed by atoms with Crippen molar-refractivity contribution in [1.82, 2.24) is 0 Å². The zero-order valence-corrected chi connectivity index (χ0v) is 10.0. The van der Waals surface area contributed by atoms with Crippen molar-refractivity contribution in [2.45, 2.75) is 0 Å². The van der Waals surface area contributed by atoms with Gasteiger partial charge < -0.3 is 4.74 Å². The summed E-state index contributed by atoms with van der Waals surface area (Å²) in [5.41, 5.74) is 0.576. The average Bonchev–Trinajstić information content (AvgIpc) is 2.09. The molecule has 0 radical (unpaired) electrons. The lowest BCUT2D eigenvalue weighted by Gasteiger charge is -2.04. The number of hydrogen-bond donors (Lipinski definition) is 0. The maximum absolute atomic E-state index is 8.80. The largest absolute Gasteiger partial charge is 0.495 e. The van der Waals surface area contributed by atoms with Crippen molar-refractivity contribution in [2.24, 2.45) is 0 Å². The van der Waals surface area contributed by atoms with Gasteiger partial charge in [-0.3, -0.25) is 0 Å². The third-order valence-electron chi connectivity index (χ3n) is 1.39. The van der Waals surface area contributed by atoms with Gasteiger partial charge >= 0.3 is 0 Å². The van der Waals surface area contributed by atoms with Crippen LogP contribution in [0.1, 0.15) is 5.56 Å². The second-order valence-corrected chi connectivity index (χ2v) is 3.98. The zero-order chi connectivity index (χ0) is 9.14. The molecule has 0 aliphatic carbocycles. The summed E-state index contributed by atoms with van der Waals surface area (Å²) >= 11 is 5.44. The fraction of sp³-hybridized carbons (Fsp3) is 0.125. The van der Waals surface area contributed by atoms with E-state index in [1.807, 2.05) is 6.07 Å². The molecule has 0 N–H and O–H groups in total. The lowest BCUT2D eigenvalue weighted by atomic mass is 10.2. The summed E-state index contributed by atoms with van der Waals surface area (Å²) in [6.07, 6.45) is 0. The van der Waals surface area contributed by atoms with Gasteiger partial charge in [0.2, 0.25) is 0 Å². The Morgan fingerprint density at radius 3 is 2.75 bits per heavy atom. The van der Waals surface area contributed by atoms with E-state index in [4.69, 9.17) is 10.00 Å². The molecule has 1 aromatic rings. The number of nitrogens with zero attached hydrogens (tertiary/aromatic N) is 1. The maximum atomic E-state index is 8.80. The summed E-state index contributed by atoms with van der Waals surface area (Å²) in [6, 6.07) is 5.72. The predicted octanol–water partition coefficient (Wildman–Crippen LogP) is 2.93. The minimum Gasteiger partial charge on any atom is -0.495 e. The van der Waals surface area contributed by atoms with Crippen LogP contribution >= 0.6 is 38.5 Å². The van der Waals surface area contributed by atoms with Crippen LogP contribution < -0.4 is 4.74 Å². The van der Waals surface area contributed by atoms with Crippen LogP contribution in [0.15, 0.2) is 16.6 Å². The Bertz CT molecular complexity index is 346. The third kappa shape index (κ3) is 1.72. The first-order chi connectivity index (χ1) is 5.70. The van der Waals surface area contributed by atoms with Gasteiger partial charge in [0.05, 0.1) is 7.11 Å². The molecule has 0 amide bonds. The smallest absolute Gasteiger partial charge is 0.137 e. The molecule has 62 valence electrons. The fourth-order valence-electron chi connectivity index (χ4n) is 0.807.